The summed E-state index contributed by atoms with van der Waals surface area (Å²) in [5, 5.41) is 8.72. The Kier molecular flexibility index (Phi) is 8.20. The maximum absolute atomic E-state index is 10.6. The van der Waals surface area contributed by atoms with E-state index in [2.05, 4.69) is 36.1 Å². The summed E-state index contributed by atoms with van der Waals surface area (Å²) >= 11 is 0. The van der Waals surface area contributed by atoms with Crippen LogP contribution in [0.1, 0.15) is 82.6 Å². The lowest BCUT2D eigenvalue weighted by molar-refractivity contribution is -0.137. The molecule has 1 saturated heterocycles. The lowest BCUT2D eigenvalue weighted by Gasteiger charge is -2.32. The molecule has 1 saturated carbocycles. The minimum Gasteiger partial charge on any atom is -0.490 e. The molecule has 2 fully saturated rings. The number of benzene rings is 1. The number of hydrogen-bond acceptors (Lipinski definition) is 3. The van der Waals surface area contributed by atoms with Gasteiger partial charge in [-0.05, 0) is 101 Å². The highest BCUT2D eigenvalue weighted by Crippen LogP contribution is 2.32. The average molecular weight is 388 g/mol. The molecule has 0 atom stereocenters. The highest BCUT2D eigenvalue weighted by Gasteiger charge is 2.22. The van der Waals surface area contributed by atoms with Gasteiger partial charge in [-0.25, -0.2) is 0 Å². The lowest BCUT2D eigenvalue weighted by atomic mass is 9.86. The summed E-state index contributed by atoms with van der Waals surface area (Å²) in [4.78, 5) is 13.1. The maximum atomic E-state index is 10.6. The number of aliphatic carboxylic acids is 1. The Bertz CT molecular complexity index is 584. The quantitative estimate of drug-likeness (QED) is 0.571. The van der Waals surface area contributed by atoms with Gasteiger partial charge in [-0.1, -0.05) is 25.5 Å². The standard InChI is InChI=1S/C24H37NO3/c1-2-19-6-10-22(11-7-19)28-23-12-8-20(9-13-23)21-14-17-25(18-15-21)16-4-3-5-24(26)27/h8-9,12-13,19,21-22H,2-7,10-11,14-18H2,1H3,(H,26,27). The third-order valence-electron chi connectivity index (χ3n) is 6.73. The maximum Gasteiger partial charge on any atom is 0.303 e. The molecule has 0 radical (unpaired) electrons. The molecule has 0 unspecified atom stereocenters. The first kappa shape index (κ1) is 21.2. The molecule has 4 heteroatoms. The van der Waals surface area contributed by atoms with Crippen LogP contribution in [-0.2, 0) is 4.79 Å². The van der Waals surface area contributed by atoms with Crippen LogP contribution in [0.5, 0.6) is 5.75 Å². The van der Waals surface area contributed by atoms with Crippen LogP contribution in [-0.4, -0.2) is 41.7 Å². The summed E-state index contributed by atoms with van der Waals surface area (Å²) in [5.74, 6) is 1.90. The van der Waals surface area contributed by atoms with E-state index in [0.29, 0.717) is 18.4 Å². The zero-order chi connectivity index (χ0) is 19.8. The number of carbonyl (C=O) groups is 1. The highest BCUT2D eigenvalue weighted by molar-refractivity contribution is 5.66. The van der Waals surface area contributed by atoms with E-state index < -0.39 is 5.97 Å². The number of ether oxygens (including phenoxy) is 1. The summed E-state index contributed by atoms with van der Waals surface area (Å²) in [6.07, 6.45) is 11.2. The Morgan fingerprint density at radius 3 is 2.32 bits per heavy atom. The van der Waals surface area contributed by atoms with Crippen molar-refractivity contribution in [2.24, 2.45) is 5.92 Å². The van der Waals surface area contributed by atoms with Crippen molar-refractivity contribution >= 4 is 5.97 Å². The molecular weight excluding hydrogens is 350 g/mol. The molecule has 28 heavy (non-hydrogen) atoms. The van der Waals surface area contributed by atoms with Gasteiger partial charge in [0.1, 0.15) is 5.75 Å². The number of carboxylic acid groups (broad SMARTS) is 1. The second-order valence-electron chi connectivity index (χ2n) is 8.70. The van der Waals surface area contributed by atoms with Crippen LogP contribution >= 0.6 is 0 Å². The number of rotatable bonds is 9. The molecule has 156 valence electrons. The smallest absolute Gasteiger partial charge is 0.303 e. The van der Waals surface area contributed by atoms with E-state index >= 15 is 0 Å². The van der Waals surface area contributed by atoms with Crippen LogP contribution in [0.25, 0.3) is 0 Å². The Hall–Kier alpha value is -1.55. The first-order valence-electron chi connectivity index (χ1n) is 11.3. The van der Waals surface area contributed by atoms with Crippen molar-refractivity contribution in [3.63, 3.8) is 0 Å². The molecule has 0 amide bonds. The summed E-state index contributed by atoms with van der Waals surface area (Å²) in [6.45, 7) is 5.58. The van der Waals surface area contributed by atoms with E-state index in [4.69, 9.17) is 9.84 Å². The molecule has 1 N–H and O–H groups in total. The van der Waals surface area contributed by atoms with Crippen LogP contribution in [0.3, 0.4) is 0 Å². The predicted molar refractivity (Wildman–Crippen MR) is 113 cm³/mol. The molecule has 0 spiro atoms. The Morgan fingerprint density at radius 2 is 1.71 bits per heavy atom. The van der Waals surface area contributed by atoms with Crippen molar-refractivity contribution in [2.45, 2.75) is 83.2 Å². The zero-order valence-corrected chi connectivity index (χ0v) is 17.4. The van der Waals surface area contributed by atoms with E-state index in [1.165, 1.54) is 50.5 Å². The SMILES string of the molecule is CCC1CCC(Oc2ccc(C3CCN(CCCCC(=O)O)CC3)cc2)CC1. The van der Waals surface area contributed by atoms with Gasteiger partial charge in [0.2, 0.25) is 0 Å². The molecule has 1 aliphatic heterocycles. The topological polar surface area (TPSA) is 49.8 Å². The molecular formula is C24H37NO3. The van der Waals surface area contributed by atoms with E-state index in [0.717, 1.165) is 44.1 Å². The van der Waals surface area contributed by atoms with Gasteiger partial charge in [0, 0.05) is 6.42 Å². The molecule has 1 heterocycles. The van der Waals surface area contributed by atoms with E-state index in [1.807, 2.05) is 0 Å². The monoisotopic (exact) mass is 387 g/mol. The normalized spacial score (nSPS) is 24.2. The average Bonchev–Trinajstić information content (AvgIpc) is 2.73. The molecule has 3 rings (SSSR count). The Morgan fingerprint density at radius 1 is 1.04 bits per heavy atom. The third kappa shape index (κ3) is 6.51. The fourth-order valence-electron chi connectivity index (χ4n) is 4.77. The summed E-state index contributed by atoms with van der Waals surface area (Å²) in [6, 6.07) is 8.86. The number of hydrogen-bond donors (Lipinski definition) is 1. The van der Waals surface area contributed by atoms with Gasteiger partial charge < -0.3 is 14.7 Å². The molecule has 0 bridgehead atoms. The highest BCUT2D eigenvalue weighted by atomic mass is 16.5. The number of nitrogens with zero attached hydrogens (tertiary/aromatic N) is 1. The van der Waals surface area contributed by atoms with Crippen LogP contribution in [0.15, 0.2) is 24.3 Å². The van der Waals surface area contributed by atoms with Crippen molar-refractivity contribution < 1.29 is 14.6 Å². The molecule has 1 aromatic rings. The second-order valence-corrected chi connectivity index (χ2v) is 8.70. The first-order chi connectivity index (χ1) is 13.6. The number of likely N-dealkylation sites (tertiary alicyclic amines) is 1. The molecule has 1 aliphatic carbocycles. The van der Waals surface area contributed by atoms with Gasteiger partial charge in [-0.3, -0.25) is 4.79 Å². The Balaban J connectivity index is 1.38. The van der Waals surface area contributed by atoms with Crippen molar-refractivity contribution in [1.29, 1.82) is 0 Å². The number of piperidine rings is 1. The first-order valence-corrected chi connectivity index (χ1v) is 11.3. The van der Waals surface area contributed by atoms with Crippen molar-refractivity contribution in [3.05, 3.63) is 29.8 Å². The minimum atomic E-state index is -0.681. The van der Waals surface area contributed by atoms with Crippen molar-refractivity contribution in [3.8, 4) is 5.75 Å². The van der Waals surface area contributed by atoms with E-state index in [-0.39, 0.29) is 0 Å². The van der Waals surface area contributed by atoms with Gasteiger partial charge in [0.15, 0.2) is 0 Å². The molecule has 0 aromatic heterocycles. The minimum absolute atomic E-state index is 0.297. The summed E-state index contributed by atoms with van der Waals surface area (Å²) in [5.41, 5.74) is 1.44. The van der Waals surface area contributed by atoms with E-state index in [9.17, 15) is 4.79 Å². The van der Waals surface area contributed by atoms with Gasteiger partial charge in [-0.2, -0.15) is 0 Å². The van der Waals surface area contributed by atoms with Gasteiger partial charge in [0.05, 0.1) is 6.10 Å². The molecule has 4 nitrogen and oxygen atoms in total. The summed E-state index contributed by atoms with van der Waals surface area (Å²) < 4.78 is 6.23. The fourth-order valence-corrected chi connectivity index (χ4v) is 4.77. The van der Waals surface area contributed by atoms with Crippen LogP contribution in [0.2, 0.25) is 0 Å². The van der Waals surface area contributed by atoms with Gasteiger partial charge >= 0.3 is 5.97 Å². The lowest BCUT2D eigenvalue weighted by Crippen LogP contribution is -2.33. The summed E-state index contributed by atoms with van der Waals surface area (Å²) in [7, 11) is 0. The van der Waals surface area contributed by atoms with Crippen LogP contribution in [0.4, 0.5) is 0 Å². The van der Waals surface area contributed by atoms with E-state index in [1.54, 1.807) is 0 Å². The van der Waals surface area contributed by atoms with Crippen molar-refractivity contribution in [1.82, 2.24) is 4.90 Å². The van der Waals surface area contributed by atoms with Gasteiger partial charge in [0.25, 0.3) is 0 Å². The van der Waals surface area contributed by atoms with Gasteiger partial charge in [-0.15, -0.1) is 0 Å². The Labute approximate surface area is 170 Å². The van der Waals surface area contributed by atoms with Crippen LogP contribution < -0.4 is 4.74 Å². The second kappa shape index (κ2) is 10.8. The molecule has 2 aliphatic rings. The molecule has 1 aromatic carbocycles. The van der Waals surface area contributed by atoms with Crippen molar-refractivity contribution in [2.75, 3.05) is 19.6 Å². The number of unbranched alkanes of at least 4 members (excludes halogenated alkanes) is 1. The fraction of sp³-hybridized carbons (Fsp3) is 0.708. The number of carboxylic acids is 1. The van der Waals surface area contributed by atoms with Crippen LogP contribution in [0, 0.1) is 5.92 Å². The largest absolute Gasteiger partial charge is 0.490 e. The predicted octanol–water partition coefficient (Wildman–Crippen LogP) is 5.47. The third-order valence-corrected chi connectivity index (χ3v) is 6.73. The zero-order valence-electron chi connectivity index (χ0n) is 17.4.